The first kappa shape index (κ1) is 17.6. The Bertz CT molecular complexity index is 836. The van der Waals surface area contributed by atoms with Crippen LogP contribution in [0.4, 0.5) is 4.79 Å². The zero-order chi connectivity index (χ0) is 17.8. The average Bonchev–Trinajstić information content (AvgIpc) is 2.93. The molecular formula is C19H16ClNO3S. The van der Waals surface area contributed by atoms with Gasteiger partial charge >= 0.3 is 0 Å². The third-order valence-electron chi connectivity index (χ3n) is 3.72. The molecule has 0 bridgehead atoms. The highest BCUT2D eigenvalue weighted by Gasteiger charge is 2.25. The fourth-order valence-electron chi connectivity index (χ4n) is 2.48. The van der Waals surface area contributed by atoms with Crippen molar-refractivity contribution < 1.29 is 14.3 Å². The smallest absolute Gasteiger partial charge is 0.290 e. The standard InChI is InChI=1S/C19H16ClNO3S/c1-2-16(12-6-4-3-5-7-12)24-14-9-8-13(15(20)11-14)10-17-18(22)21-19(23)25-17/h3-11,16H,2H2,1H3,(H,21,22,23)/b17-10+. The minimum Gasteiger partial charge on any atom is -0.486 e. The van der Waals surface area contributed by atoms with Crippen molar-refractivity contribution in [1.29, 1.82) is 0 Å². The molecule has 0 spiro atoms. The van der Waals surface area contributed by atoms with E-state index in [-0.39, 0.29) is 11.3 Å². The van der Waals surface area contributed by atoms with Crippen LogP contribution in [0.5, 0.6) is 5.75 Å². The van der Waals surface area contributed by atoms with Gasteiger partial charge in [-0.25, -0.2) is 0 Å². The lowest BCUT2D eigenvalue weighted by Crippen LogP contribution is -2.17. The predicted molar refractivity (Wildman–Crippen MR) is 101 cm³/mol. The molecule has 1 unspecified atom stereocenters. The molecule has 2 aromatic carbocycles. The summed E-state index contributed by atoms with van der Waals surface area (Å²) < 4.78 is 6.05. The normalized spacial score (nSPS) is 16.8. The van der Waals surface area contributed by atoms with Gasteiger partial charge < -0.3 is 4.74 Å². The molecule has 4 nitrogen and oxygen atoms in total. The maximum absolute atomic E-state index is 11.6. The highest BCUT2D eigenvalue weighted by molar-refractivity contribution is 8.18. The molecule has 0 aliphatic carbocycles. The Labute approximate surface area is 155 Å². The summed E-state index contributed by atoms with van der Waals surface area (Å²) in [7, 11) is 0. The summed E-state index contributed by atoms with van der Waals surface area (Å²) in [5.41, 5.74) is 1.76. The van der Waals surface area contributed by atoms with Crippen LogP contribution in [0.25, 0.3) is 6.08 Å². The topological polar surface area (TPSA) is 55.4 Å². The number of hydrogen-bond donors (Lipinski definition) is 1. The monoisotopic (exact) mass is 373 g/mol. The lowest BCUT2D eigenvalue weighted by Gasteiger charge is -2.18. The van der Waals surface area contributed by atoms with Gasteiger partial charge in [0, 0.05) is 0 Å². The van der Waals surface area contributed by atoms with Crippen molar-refractivity contribution in [1.82, 2.24) is 5.32 Å². The van der Waals surface area contributed by atoms with Gasteiger partial charge in [-0.15, -0.1) is 0 Å². The fraction of sp³-hybridized carbons (Fsp3) is 0.158. The summed E-state index contributed by atoms with van der Waals surface area (Å²) in [5.74, 6) is 0.254. The largest absolute Gasteiger partial charge is 0.486 e. The van der Waals surface area contributed by atoms with Gasteiger partial charge in [0.05, 0.1) is 9.93 Å². The third kappa shape index (κ3) is 4.24. The van der Waals surface area contributed by atoms with Crippen LogP contribution in [0.2, 0.25) is 5.02 Å². The number of nitrogens with one attached hydrogen (secondary N) is 1. The first-order valence-corrected chi connectivity index (χ1v) is 9.02. The van der Waals surface area contributed by atoms with Gasteiger partial charge in [0.25, 0.3) is 11.1 Å². The zero-order valence-electron chi connectivity index (χ0n) is 13.5. The molecule has 1 saturated heterocycles. The van der Waals surface area contributed by atoms with Gasteiger partial charge in [0.1, 0.15) is 11.9 Å². The van der Waals surface area contributed by atoms with Gasteiger partial charge in [0.15, 0.2) is 0 Å². The maximum atomic E-state index is 11.6. The van der Waals surface area contributed by atoms with Crippen LogP contribution in [0.1, 0.15) is 30.6 Å². The number of halogens is 1. The van der Waals surface area contributed by atoms with Gasteiger partial charge in [-0.05, 0) is 53.6 Å². The Morgan fingerprint density at radius 3 is 2.56 bits per heavy atom. The Kier molecular flexibility index (Phi) is 5.46. The van der Waals surface area contributed by atoms with Crippen molar-refractivity contribution in [3.05, 3.63) is 69.6 Å². The molecule has 25 heavy (non-hydrogen) atoms. The third-order valence-corrected chi connectivity index (χ3v) is 4.86. The number of hydrogen-bond acceptors (Lipinski definition) is 4. The average molecular weight is 374 g/mol. The Morgan fingerprint density at radius 1 is 1.20 bits per heavy atom. The number of thioether (sulfide) groups is 1. The maximum Gasteiger partial charge on any atom is 0.290 e. The van der Waals surface area contributed by atoms with Crippen molar-refractivity contribution in [2.45, 2.75) is 19.4 Å². The van der Waals surface area contributed by atoms with Crippen molar-refractivity contribution in [2.75, 3.05) is 0 Å². The van der Waals surface area contributed by atoms with Crippen LogP contribution in [0.3, 0.4) is 0 Å². The molecule has 2 amide bonds. The summed E-state index contributed by atoms with van der Waals surface area (Å²) in [6.45, 7) is 2.06. The molecule has 1 aliphatic rings. The van der Waals surface area contributed by atoms with Crippen molar-refractivity contribution >= 4 is 40.6 Å². The van der Waals surface area contributed by atoms with Crippen LogP contribution in [0.15, 0.2) is 53.4 Å². The number of amides is 2. The molecule has 1 N–H and O–H groups in total. The van der Waals surface area contributed by atoms with E-state index in [2.05, 4.69) is 12.2 Å². The molecule has 1 atom stereocenters. The van der Waals surface area contributed by atoms with Crippen molar-refractivity contribution in [2.24, 2.45) is 0 Å². The highest BCUT2D eigenvalue weighted by atomic mass is 35.5. The second-order valence-corrected chi connectivity index (χ2v) is 6.88. The van der Waals surface area contributed by atoms with E-state index in [0.29, 0.717) is 21.2 Å². The summed E-state index contributed by atoms with van der Waals surface area (Å²) >= 11 is 7.18. The molecule has 1 fully saturated rings. The molecule has 3 rings (SSSR count). The first-order valence-electron chi connectivity index (χ1n) is 7.83. The molecule has 0 radical (unpaired) electrons. The molecule has 1 aliphatic heterocycles. The van der Waals surface area contributed by atoms with E-state index in [4.69, 9.17) is 16.3 Å². The molecule has 0 aromatic heterocycles. The van der Waals surface area contributed by atoms with Gasteiger partial charge in [-0.3, -0.25) is 14.9 Å². The summed E-state index contributed by atoms with van der Waals surface area (Å²) in [4.78, 5) is 23.2. The number of carbonyl (C=O) groups is 2. The summed E-state index contributed by atoms with van der Waals surface area (Å²) in [6, 6.07) is 15.3. The number of imide groups is 1. The minimum atomic E-state index is -0.401. The minimum absolute atomic E-state index is 0.0599. The van der Waals surface area contributed by atoms with Crippen molar-refractivity contribution in [3.8, 4) is 5.75 Å². The van der Waals surface area contributed by atoms with Crippen LogP contribution in [0, 0.1) is 0 Å². The van der Waals surface area contributed by atoms with E-state index in [1.807, 2.05) is 36.4 Å². The second-order valence-electron chi connectivity index (χ2n) is 5.46. The van der Waals surface area contributed by atoms with E-state index in [1.165, 1.54) is 0 Å². The molecule has 0 saturated carbocycles. The quantitative estimate of drug-likeness (QED) is 0.732. The zero-order valence-corrected chi connectivity index (χ0v) is 15.1. The van der Waals surface area contributed by atoms with E-state index < -0.39 is 5.91 Å². The van der Waals surface area contributed by atoms with Crippen LogP contribution >= 0.6 is 23.4 Å². The lowest BCUT2D eigenvalue weighted by molar-refractivity contribution is -0.115. The number of ether oxygens (including phenoxy) is 1. The van der Waals surface area contributed by atoms with Gasteiger partial charge in [-0.1, -0.05) is 48.9 Å². The molecular weight excluding hydrogens is 358 g/mol. The van der Waals surface area contributed by atoms with Gasteiger partial charge in [0.2, 0.25) is 0 Å². The number of rotatable bonds is 5. The van der Waals surface area contributed by atoms with Crippen LogP contribution in [-0.2, 0) is 4.79 Å². The predicted octanol–water partition coefficient (Wildman–Crippen LogP) is 5.19. The van der Waals surface area contributed by atoms with Crippen LogP contribution < -0.4 is 10.1 Å². The summed E-state index contributed by atoms with van der Waals surface area (Å²) in [6.07, 6.45) is 2.37. The first-order chi connectivity index (χ1) is 12.1. The molecule has 1 heterocycles. The van der Waals surface area contributed by atoms with Gasteiger partial charge in [-0.2, -0.15) is 0 Å². The Hall–Kier alpha value is -2.24. The SMILES string of the molecule is CCC(Oc1ccc(/C=C2/SC(=O)NC2=O)c(Cl)c1)c1ccccc1. The van der Waals surface area contributed by atoms with E-state index in [9.17, 15) is 9.59 Å². The number of benzene rings is 2. The summed E-state index contributed by atoms with van der Waals surface area (Å²) in [5, 5.41) is 2.30. The highest BCUT2D eigenvalue weighted by Crippen LogP contribution is 2.32. The Morgan fingerprint density at radius 2 is 1.96 bits per heavy atom. The van der Waals surface area contributed by atoms with E-state index in [0.717, 1.165) is 23.7 Å². The van der Waals surface area contributed by atoms with E-state index in [1.54, 1.807) is 18.2 Å². The molecule has 2 aromatic rings. The Balaban J connectivity index is 1.79. The fourth-order valence-corrected chi connectivity index (χ4v) is 3.38. The second kappa shape index (κ2) is 7.76. The van der Waals surface area contributed by atoms with Crippen LogP contribution in [-0.4, -0.2) is 11.1 Å². The van der Waals surface area contributed by atoms with E-state index >= 15 is 0 Å². The number of carbonyl (C=O) groups excluding carboxylic acids is 2. The lowest BCUT2D eigenvalue weighted by atomic mass is 10.1. The van der Waals surface area contributed by atoms with Crippen molar-refractivity contribution in [3.63, 3.8) is 0 Å². The molecule has 6 heteroatoms. The molecule has 128 valence electrons.